The van der Waals surface area contributed by atoms with Crippen LogP contribution < -0.4 is 0 Å². The summed E-state index contributed by atoms with van der Waals surface area (Å²) in [5.74, 6) is -1.22. The summed E-state index contributed by atoms with van der Waals surface area (Å²) in [6.07, 6.45) is 0. The third-order valence-corrected chi connectivity index (χ3v) is 5.57. The Balaban J connectivity index is 0.000000211. The van der Waals surface area contributed by atoms with Crippen molar-refractivity contribution in [2.75, 3.05) is 0 Å². The number of carboxylic acids is 1. The van der Waals surface area contributed by atoms with Gasteiger partial charge >= 0.3 is 5.97 Å². The van der Waals surface area contributed by atoms with Crippen LogP contribution in [0.5, 0.6) is 0 Å². The number of nitrogens with zero attached hydrogens (tertiary/aromatic N) is 2. The van der Waals surface area contributed by atoms with Gasteiger partial charge < -0.3 is 5.11 Å². The van der Waals surface area contributed by atoms with E-state index in [1.807, 2.05) is 103 Å². The molecule has 0 fully saturated rings. The third-order valence-electron chi connectivity index (χ3n) is 5.38. The number of hydrogen-bond acceptors (Lipinski definition) is 4. The fraction of sp³-hybridized carbons (Fsp3) is 0. The monoisotopic (exact) mass is 516 g/mol. The second kappa shape index (κ2) is 13.8. The number of carboxylic acid groups (broad SMARTS) is 1. The molecule has 0 unspecified atom stereocenters. The second-order valence-corrected chi connectivity index (χ2v) is 8.11. The molecule has 0 radical (unpaired) electrons. The number of carbonyl (C=O) groups excluding carboxylic acids is 1. The Labute approximate surface area is 225 Å². The minimum Gasteiger partial charge on any atom is -0.477 e. The Morgan fingerprint density at radius 1 is 0.526 bits per heavy atom. The Hall–Kier alpha value is -5.23. The van der Waals surface area contributed by atoms with Gasteiger partial charge in [0.15, 0.2) is 0 Å². The van der Waals surface area contributed by atoms with E-state index in [2.05, 4.69) is 0 Å². The average Bonchev–Trinajstić information content (AvgIpc) is 2.96. The molecule has 0 aromatic heterocycles. The maximum absolute atomic E-state index is 11.4. The predicted octanol–water partition coefficient (Wildman–Crippen LogP) is 6.87. The molecule has 38 heavy (non-hydrogen) atoms. The zero-order valence-electron chi connectivity index (χ0n) is 20.1. The van der Waals surface area contributed by atoms with Crippen molar-refractivity contribution in [2.24, 2.45) is 0 Å². The fourth-order valence-corrected chi connectivity index (χ4v) is 3.88. The molecule has 184 valence electrons. The van der Waals surface area contributed by atoms with Crippen LogP contribution in [-0.2, 0) is 9.59 Å². The zero-order chi connectivity index (χ0) is 27.3. The molecule has 0 aliphatic carbocycles. The number of hydrogen-bond donors (Lipinski definition) is 1. The van der Waals surface area contributed by atoms with Gasteiger partial charge in [-0.1, -0.05) is 121 Å². The summed E-state index contributed by atoms with van der Waals surface area (Å²) >= 11 is 5.52. The fourth-order valence-electron chi connectivity index (χ4n) is 3.74. The lowest BCUT2D eigenvalue weighted by Gasteiger charge is -2.09. The molecule has 4 aromatic carbocycles. The summed E-state index contributed by atoms with van der Waals surface area (Å²) in [6.45, 7) is 0. The summed E-state index contributed by atoms with van der Waals surface area (Å²) in [5.41, 5.74) is 3.72. The first-order valence-corrected chi connectivity index (χ1v) is 11.8. The molecule has 0 heterocycles. The standard InChI is InChI=1S/C16H10ClNO.C16H11NO2/c17-16(19)14(11-18)15(12-7-3-1-4-8-12)13-9-5-2-6-10-13;17-11-14(16(18)19)15(12-7-3-1-4-8-12)13-9-5-2-6-10-13/h1-10H;1-10H,(H,18,19). The minimum absolute atomic E-state index is 0.0425. The molecule has 0 saturated heterocycles. The number of allylic oxidation sites excluding steroid dienone is 1. The van der Waals surface area contributed by atoms with Gasteiger partial charge in [-0.2, -0.15) is 10.5 Å². The second-order valence-electron chi connectivity index (χ2n) is 7.77. The van der Waals surface area contributed by atoms with Crippen molar-refractivity contribution >= 4 is 34.0 Å². The maximum atomic E-state index is 11.4. The minimum atomic E-state index is -1.22. The van der Waals surface area contributed by atoms with E-state index in [0.717, 1.165) is 11.1 Å². The first-order valence-electron chi connectivity index (χ1n) is 11.4. The van der Waals surface area contributed by atoms with Crippen LogP contribution >= 0.6 is 11.6 Å². The number of rotatable bonds is 6. The van der Waals surface area contributed by atoms with Crippen LogP contribution in [0.15, 0.2) is 132 Å². The number of carbonyl (C=O) groups is 2. The van der Waals surface area contributed by atoms with Crippen LogP contribution in [0.2, 0.25) is 0 Å². The van der Waals surface area contributed by atoms with Gasteiger partial charge in [0.2, 0.25) is 0 Å². The lowest BCUT2D eigenvalue weighted by molar-refractivity contribution is -0.132. The van der Waals surface area contributed by atoms with E-state index in [1.54, 1.807) is 30.3 Å². The van der Waals surface area contributed by atoms with E-state index in [-0.39, 0.29) is 11.1 Å². The number of halogens is 1. The van der Waals surface area contributed by atoms with Gasteiger partial charge in [0.25, 0.3) is 5.24 Å². The molecular formula is C32H21ClN2O3. The lowest BCUT2D eigenvalue weighted by atomic mass is 9.93. The summed E-state index contributed by atoms with van der Waals surface area (Å²) in [6, 6.07) is 40.4. The molecule has 0 saturated carbocycles. The number of nitriles is 2. The van der Waals surface area contributed by atoms with Crippen molar-refractivity contribution in [1.82, 2.24) is 0 Å². The molecule has 0 aliphatic rings. The smallest absolute Gasteiger partial charge is 0.347 e. The van der Waals surface area contributed by atoms with E-state index in [1.165, 1.54) is 0 Å². The third kappa shape index (κ3) is 6.92. The van der Waals surface area contributed by atoms with Gasteiger partial charge in [-0.25, -0.2) is 4.79 Å². The summed E-state index contributed by atoms with van der Waals surface area (Å²) in [5, 5.41) is 26.7. The first-order chi connectivity index (χ1) is 18.5. The number of benzene rings is 4. The maximum Gasteiger partial charge on any atom is 0.347 e. The number of aliphatic carboxylic acids is 1. The highest BCUT2D eigenvalue weighted by Gasteiger charge is 2.18. The molecule has 4 aromatic rings. The van der Waals surface area contributed by atoms with Crippen molar-refractivity contribution in [3.63, 3.8) is 0 Å². The normalized spacial score (nSPS) is 9.45. The van der Waals surface area contributed by atoms with E-state index in [0.29, 0.717) is 22.3 Å². The molecule has 0 aliphatic heterocycles. The molecular weight excluding hydrogens is 496 g/mol. The van der Waals surface area contributed by atoms with Crippen LogP contribution in [0.1, 0.15) is 22.3 Å². The Bertz CT molecular complexity index is 1350. The molecule has 0 atom stereocenters. The highest BCUT2D eigenvalue weighted by atomic mass is 35.5. The van der Waals surface area contributed by atoms with Crippen LogP contribution in [-0.4, -0.2) is 16.3 Å². The molecule has 5 nitrogen and oxygen atoms in total. The van der Waals surface area contributed by atoms with Crippen molar-refractivity contribution < 1.29 is 14.7 Å². The van der Waals surface area contributed by atoms with Gasteiger partial charge in [-0.3, -0.25) is 4.79 Å². The van der Waals surface area contributed by atoms with Crippen molar-refractivity contribution in [3.8, 4) is 12.1 Å². The molecule has 0 bridgehead atoms. The summed E-state index contributed by atoms with van der Waals surface area (Å²) in [4.78, 5) is 22.7. The molecule has 4 rings (SSSR count). The van der Waals surface area contributed by atoms with Crippen LogP contribution in [0.3, 0.4) is 0 Å². The summed E-state index contributed by atoms with van der Waals surface area (Å²) < 4.78 is 0. The van der Waals surface area contributed by atoms with E-state index < -0.39 is 11.2 Å². The van der Waals surface area contributed by atoms with Crippen molar-refractivity contribution in [3.05, 3.63) is 155 Å². The lowest BCUT2D eigenvalue weighted by Crippen LogP contribution is -2.03. The Kier molecular flexibility index (Phi) is 9.90. The predicted molar refractivity (Wildman–Crippen MR) is 148 cm³/mol. The Morgan fingerprint density at radius 3 is 1.00 bits per heavy atom. The molecule has 0 amide bonds. The van der Waals surface area contributed by atoms with Gasteiger partial charge in [-0.15, -0.1) is 0 Å². The zero-order valence-corrected chi connectivity index (χ0v) is 20.8. The van der Waals surface area contributed by atoms with E-state index in [9.17, 15) is 20.0 Å². The quantitative estimate of drug-likeness (QED) is 0.171. The van der Waals surface area contributed by atoms with E-state index in [4.69, 9.17) is 16.9 Å². The van der Waals surface area contributed by atoms with Crippen LogP contribution in [0.25, 0.3) is 11.1 Å². The molecule has 0 spiro atoms. The SMILES string of the molecule is N#CC(C(=O)Cl)=C(c1ccccc1)c1ccccc1.N#CC(C(=O)O)=C(c1ccccc1)c1ccccc1. The summed E-state index contributed by atoms with van der Waals surface area (Å²) in [7, 11) is 0. The van der Waals surface area contributed by atoms with Gasteiger partial charge in [0, 0.05) is 11.1 Å². The van der Waals surface area contributed by atoms with Gasteiger partial charge in [0.05, 0.1) is 0 Å². The largest absolute Gasteiger partial charge is 0.477 e. The first kappa shape index (κ1) is 27.4. The topological polar surface area (TPSA) is 102 Å². The van der Waals surface area contributed by atoms with Crippen molar-refractivity contribution in [2.45, 2.75) is 0 Å². The highest BCUT2D eigenvalue weighted by Crippen LogP contribution is 2.28. The van der Waals surface area contributed by atoms with Crippen molar-refractivity contribution in [1.29, 1.82) is 10.5 Å². The molecule has 6 heteroatoms. The van der Waals surface area contributed by atoms with Crippen LogP contribution in [0, 0.1) is 22.7 Å². The molecule has 1 N–H and O–H groups in total. The van der Waals surface area contributed by atoms with E-state index >= 15 is 0 Å². The highest BCUT2D eigenvalue weighted by molar-refractivity contribution is 6.69. The van der Waals surface area contributed by atoms with Gasteiger partial charge in [-0.05, 0) is 33.9 Å². The Morgan fingerprint density at radius 2 is 0.789 bits per heavy atom. The van der Waals surface area contributed by atoms with Crippen LogP contribution in [0.4, 0.5) is 0 Å². The average molecular weight is 517 g/mol. The van der Waals surface area contributed by atoms with Gasteiger partial charge in [0.1, 0.15) is 23.3 Å².